The van der Waals surface area contributed by atoms with E-state index in [1.807, 2.05) is 0 Å². The summed E-state index contributed by atoms with van der Waals surface area (Å²) in [4.78, 5) is 12.1. The first-order valence-electron chi connectivity index (χ1n) is 5.88. The van der Waals surface area contributed by atoms with Crippen LogP contribution in [0, 0.1) is 11.6 Å². The van der Waals surface area contributed by atoms with Gasteiger partial charge in [0, 0.05) is 18.2 Å². The van der Waals surface area contributed by atoms with Crippen LogP contribution >= 0.6 is 0 Å². The molecule has 0 fully saturated rings. The van der Waals surface area contributed by atoms with Crippen LogP contribution in [-0.4, -0.2) is 40.7 Å². The number of carbonyl (C=O) groups is 1. The molecule has 2 unspecified atom stereocenters. The molecule has 0 radical (unpaired) electrons. The highest BCUT2D eigenvalue weighted by atomic mass is 19.1. The quantitative estimate of drug-likeness (QED) is 0.829. The summed E-state index contributed by atoms with van der Waals surface area (Å²) in [5.74, 6) is -2.27. The number of rotatable bonds is 6. The molecule has 0 bridgehead atoms. The van der Waals surface area contributed by atoms with Crippen molar-refractivity contribution in [3.8, 4) is 0 Å². The molecule has 0 aliphatic heterocycles. The van der Waals surface area contributed by atoms with Crippen LogP contribution in [0.3, 0.4) is 0 Å². The van der Waals surface area contributed by atoms with E-state index in [4.69, 9.17) is 5.11 Å². The Balaban J connectivity index is 2.77. The predicted octanol–water partition coefficient (Wildman–Crippen LogP) is 1.79. The van der Waals surface area contributed by atoms with E-state index < -0.39 is 29.7 Å². The molecule has 1 aromatic rings. The Bertz CT molecular complexity index is 454. The van der Waals surface area contributed by atoms with Crippen molar-refractivity contribution < 1.29 is 23.8 Å². The molecule has 1 rings (SSSR count). The molecule has 0 heterocycles. The van der Waals surface area contributed by atoms with Crippen LogP contribution in [0.25, 0.3) is 0 Å². The summed E-state index contributed by atoms with van der Waals surface area (Å²) in [7, 11) is 1.62. The van der Waals surface area contributed by atoms with Gasteiger partial charge in [0.15, 0.2) is 0 Å². The Morgan fingerprint density at radius 3 is 2.63 bits per heavy atom. The lowest BCUT2D eigenvalue weighted by Gasteiger charge is -2.28. The first kappa shape index (κ1) is 15.5. The van der Waals surface area contributed by atoms with Gasteiger partial charge in [-0.3, -0.25) is 4.79 Å². The Labute approximate surface area is 110 Å². The molecule has 2 N–H and O–H groups in total. The van der Waals surface area contributed by atoms with Crippen LogP contribution in [0.15, 0.2) is 18.2 Å². The molecule has 0 aromatic heterocycles. The second kappa shape index (κ2) is 6.58. The third-order valence-corrected chi connectivity index (χ3v) is 3.11. The number of hydrogen-bond acceptors (Lipinski definition) is 3. The van der Waals surface area contributed by atoms with E-state index >= 15 is 0 Å². The molecule has 106 valence electrons. The minimum absolute atomic E-state index is 0.0841. The van der Waals surface area contributed by atoms with E-state index in [0.717, 1.165) is 18.2 Å². The number of carboxylic acids is 1. The molecule has 1 aromatic carbocycles. The van der Waals surface area contributed by atoms with Gasteiger partial charge in [-0.2, -0.15) is 0 Å². The van der Waals surface area contributed by atoms with Crippen molar-refractivity contribution in [1.82, 2.24) is 4.90 Å². The number of aliphatic hydroxyl groups is 1. The average molecular weight is 273 g/mol. The van der Waals surface area contributed by atoms with Crippen LogP contribution < -0.4 is 0 Å². The van der Waals surface area contributed by atoms with Gasteiger partial charge >= 0.3 is 5.97 Å². The molecule has 19 heavy (non-hydrogen) atoms. The third-order valence-electron chi connectivity index (χ3n) is 3.11. The van der Waals surface area contributed by atoms with E-state index in [-0.39, 0.29) is 18.5 Å². The van der Waals surface area contributed by atoms with Gasteiger partial charge in [0.05, 0.1) is 12.5 Å². The third kappa shape index (κ3) is 4.25. The summed E-state index contributed by atoms with van der Waals surface area (Å²) < 4.78 is 26.6. The monoisotopic (exact) mass is 273 g/mol. The van der Waals surface area contributed by atoms with Gasteiger partial charge < -0.3 is 15.1 Å². The largest absolute Gasteiger partial charge is 0.481 e. The fraction of sp³-hybridized carbons (Fsp3) is 0.462. The molecule has 0 saturated carbocycles. The fourth-order valence-corrected chi connectivity index (χ4v) is 1.72. The first-order valence-corrected chi connectivity index (χ1v) is 5.88. The van der Waals surface area contributed by atoms with Crippen molar-refractivity contribution in [3.05, 3.63) is 35.4 Å². The van der Waals surface area contributed by atoms with Gasteiger partial charge in [-0.15, -0.1) is 0 Å². The molecule has 0 spiro atoms. The summed E-state index contributed by atoms with van der Waals surface area (Å²) in [6, 6.07) is 2.35. The zero-order valence-electron chi connectivity index (χ0n) is 10.8. The molecule has 6 heteroatoms. The number of benzene rings is 1. The summed E-state index contributed by atoms with van der Waals surface area (Å²) in [6.45, 7) is 1.83. The summed E-state index contributed by atoms with van der Waals surface area (Å²) in [6.07, 6.45) is -1.31. The molecule has 0 saturated heterocycles. The fourth-order valence-electron chi connectivity index (χ4n) is 1.72. The average Bonchev–Trinajstić information content (AvgIpc) is 2.37. The van der Waals surface area contributed by atoms with Crippen LogP contribution in [0.5, 0.6) is 0 Å². The van der Waals surface area contributed by atoms with E-state index in [2.05, 4.69) is 0 Å². The minimum Gasteiger partial charge on any atom is -0.481 e. The Hall–Kier alpha value is -1.53. The van der Waals surface area contributed by atoms with Crippen LogP contribution in [-0.2, 0) is 4.79 Å². The van der Waals surface area contributed by atoms with Crippen LogP contribution in [0.2, 0.25) is 0 Å². The molecule has 0 aliphatic carbocycles. The van der Waals surface area contributed by atoms with E-state index in [1.54, 1.807) is 18.9 Å². The van der Waals surface area contributed by atoms with Gasteiger partial charge in [-0.25, -0.2) is 8.78 Å². The van der Waals surface area contributed by atoms with Crippen molar-refractivity contribution in [2.75, 3.05) is 13.6 Å². The highest BCUT2D eigenvalue weighted by Crippen LogP contribution is 2.23. The SMILES string of the molecule is CC(C(O)c1cc(F)ccc1F)N(C)CCC(=O)O. The Morgan fingerprint density at radius 1 is 1.42 bits per heavy atom. The van der Waals surface area contributed by atoms with Gasteiger partial charge in [-0.05, 0) is 32.2 Å². The van der Waals surface area contributed by atoms with Crippen LogP contribution in [0.1, 0.15) is 25.0 Å². The maximum absolute atomic E-state index is 13.5. The van der Waals surface area contributed by atoms with Crippen molar-refractivity contribution in [3.63, 3.8) is 0 Å². The topological polar surface area (TPSA) is 60.8 Å². The molecule has 4 nitrogen and oxygen atoms in total. The van der Waals surface area contributed by atoms with Crippen LogP contribution in [0.4, 0.5) is 8.78 Å². The van der Waals surface area contributed by atoms with Crippen molar-refractivity contribution in [2.24, 2.45) is 0 Å². The number of likely N-dealkylation sites (N-methyl/N-ethyl adjacent to an activating group) is 1. The normalized spacial score (nSPS) is 14.4. The summed E-state index contributed by atoms with van der Waals surface area (Å²) >= 11 is 0. The number of carboxylic acid groups (broad SMARTS) is 1. The zero-order chi connectivity index (χ0) is 14.6. The van der Waals surface area contributed by atoms with Gasteiger partial charge in [0.1, 0.15) is 11.6 Å². The second-order valence-corrected chi connectivity index (χ2v) is 4.48. The maximum atomic E-state index is 13.5. The lowest BCUT2D eigenvalue weighted by Crippen LogP contribution is -2.36. The zero-order valence-corrected chi connectivity index (χ0v) is 10.8. The Morgan fingerprint density at radius 2 is 2.05 bits per heavy atom. The second-order valence-electron chi connectivity index (χ2n) is 4.48. The number of aliphatic hydroxyl groups excluding tert-OH is 1. The number of hydrogen-bond donors (Lipinski definition) is 2. The number of halogens is 2. The summed E-state index contributed by atoms with van der Waals surface area (Å²) in [5, 5.41) is 18.6. The lowest BCUT2D eigenvalue weighted by atomic mass is 10.0. The molecule has 0 aliphatic rings. The standard InChI is InChI=1S/C13H17F2NO3/c1-8(16(2)6-5-12(17)18)13(19)10-7-9(14)3-4-11(10)15/h3-4,7-8,13,19H,5-6H2,1-2H3,(H,17,18). The van der Waals surface area contributed by atoms with Gasteiger partial charge in [0.2, 0.25) is 0 Å². The molecule has 0 amide bonds. The Kier molecular flexibility index (Phi) is 5.38. The van der Waals surface area contributed by atoms with Gasteiger partial charge in [0.25, 0.3) is 0 Å². The number of nitrogens with zero attached hydrogens (tertiary/aromatic N) is 1. The number of aliphatic carboxylic acids is 1. The smallest absolute Gasteiger partial charge is 0.304 e. The lowest BCUT2D eigenvalue weighted by molar-refractivity contribution is -0.137. The molecular weight excluding hydrogens is 256 g/mol. The molecule has 2 atom stereocenters. The highest BCUT2D eigenvalue weighted by Gasteiger charge is 2.23. The van der Waals surface area contributed by atoms with Crippen molar-refractivity contribution >= 4 is 5.97 Å². The maximum Gasteiger partial charge on any atom is 0.304 e. The minimum atomic E-state index is -1.23. The molecular formula is C13H17F2NO3. The van der Waals surface area contributed by atoms with E-state index in [0.29, 0.717) is 0 Å². The first-order chi connectivity index (χ1) is 8.82. The van der Waals surface area contributed by atoms with Crippen molar-refractivity contribution in [2.45, 2.75) is 25.5 Å². The van der Waals surface area contributed by atoms with E-state index in [9.17, 15) is 18.7 Å². The van der Waals surface area contributed by atoms with Gasteiger partial charge in [-0.1, -0.05) is 0 Å². The highest BCUT2D eigenvalue weighted by molar-refractivity contribution is 5.66. The van der Waals surface area contributed by atoms with Crippen molar-refractivity contribution in [1.29, 1.82) is 0 Å². The van der Waals surface area contributed by atoms with E-state index in [1.165, 1.54) is 0 Å². The predicted molar refractivity (Wildman–Crippen MR) is 65.7 cm³/mol. The summed E-state index contributed by atoms with van der Waals surface area (Å²) in [5.41, 5.74) is -0.130.